The van der Waals surface area contributed by atoms with Crippen LogP contribution in [0.2, 0.25) is 0 Å². The van der Waals surface area contributed by atoms with Crippen molar-refractivity contribution in [1.29, 1.82) is 0 Å². The summed E-state index contributed by atoms with van der Waals surface area (Å²) in [5, 5.41) is 0.0463. The molecule has 94 valence electrons. The molecule has 0 spiro atoms. The van der Waals surface area contributed by atoms with E-state index in [4.69, 9.17) is 12.4 Å². The van der Waals surface area contributed by atoms with E-state index in [0.29, 0.717) is 0 Å². The van der Waals surface area contributed by atoms with Crippen LogP contribution in [0.3, 0.4) is 0 Å². The van der Waals surface area contributed by atoms with Gasteiger partial charge in [-0.05, 0) is 16.2 Å². The number of benzene rings is 2. The molecule has 1 aliphatic rings. The molecule has 1 atom stereocenters. The summed E-state index contributed by atoms with van der Waals surface area (Å²) in [6.07, 6.45) is 0. The lowest BCUT2D eigenvalue weighted by Crippen LogP contribution is -2.23. The predicted octanol–water partition coefficient (Wildman–Crippen LogP) is 3.08. The lowest BCUT2D eigenvalue weighted by Gasteiger charge is -2.08. The minimum Gasteiger partial charge on any atom is -0.277 e. The molecule has 0 aromatic heterocycles. The number of hydrazine groups is 1. The molecule has 1 heterocycles. The van der Waals surface area contributed by atoms with E-state index in [1.54, 1.807) is 8.47 Å². The lowest BCUT2D eigenvalue weighted by atomic mass is 10.1. The van der Waals surface area contributed by atoms with Crippen LogP contribution in [0.25, 0.3) is 0 Å². The van der Waals surface area contributed by atoms with E-state index >= 15 is 0 Å². The fourth-order valence-corrected chi connectivity index (χ4v) is 3.38. The van der Waals surface area contributed by atoms with Gasteiger partial charge in [0, 0.05) is 5.56 Å². The van der Waals surface area contributed by atoms with Crippen molar-refractivity contribution in [1.82, 2.24) is 0 Å². The third kappa shape index (κ3) is 2.27. The Morgan fingerprint density at radius 1 is 1.00 bits per heavy atom. The van der Waals surface area contributed by atoms with Crippen LogP contribution in [0.15, 0.2) is 60.7 Å². The van der Waals surface area contributed by atoms with Gasteiger partial charge >= 0.3 is 0 Å². The van der Waals surface area contributed by atoms with E-state index < -0.39 is 6.04 Å². The first kappa shape index (κ1) is 12.3. The predicted molar refractivity (Wildman–Crippen MR) is 78.3 cm³/mol. The van der Waals surface area contributed by atoms with Gasteiger partial charge in [-0.15, -0.1) is 0 Å². The Bertz CT molecular complexity index is 616. The van der Waals surface area contributed by atoms with Crippen LogP contribution in [-0.4, -0.2) is 9.17 Å². The summed E-state index contributed by atoms with van der Waals surface area (Å²) >= 11 is 6.55. The van der Waals surface area contributed by atoms with Gasteiger partial charge in [-0.3, -0.25) is 4.79 Å². The van der Waals surface area contributed by atoms with Crippen molar-refractivity contribution in [2.75, 3.05) is 4.41 Å². The number of carbonyl (C=O) groups excluding carboxylic acids is 1. The van der Waals surface area contributed by atoms with Gasteiger partial charge in [-0.2, -0.15) is 0 Å². The van der Waals surface area contributed by atoms with Gasteiger partial charge in [0.05, 0.1) is 0 Å². The smallest absolute Gasteiger partial charge is 0.277 e. The maximum Gasteiger partial charge on any atom is 0.300 e. The maximum atomic E-state index is 12.2. The standard InChI is InChI=1S/C14H11N2OS2/c17-14-13(11-7-3-1-4-8-11)15(18)16(19-14)12-9-5-2-6-10-12/h1-10,13H/q+1. The molecule has 0 radical (unpaired) electrons. The second-order valence-electron chi connectivity index (χ2n) is 4.13. The van der Waals surface area contributed by atoms with Gasteiger partial charge in [0.15, 0.2) is 0 Å². The molecule has 3 nitrogen and oxygen atoms in total. The van der Waals surface area contributed by atoms with Crippen LogP contribution in [0.5, 0.6) is 0 Å². The molecular formula is C14H11N2OS2+. The summed E-state index contributed by atoms with van der Waals surface area (Å²) in [7, 11) is 0. The largest absolute Gasteiger partial charge is 0.300 e. The Labute approximate surface area is 121 Å². The number of carbonyl (C=O) groups is 1. The van der Waals surface area contributed by atoms with E-state index in [1.807, 2.05) is 60.7 Å². The van der Waals surface area contributed by atoms with E-state index in [2.05, 4.69) is 0 Å². The highest BCUT2D eigenvalue weighted by atomic mass is 32.2. The quantitative estimate of drug-likeness (QED) is 0.625. The SMILES string of the molecule is O=C1SN(c2ccccc2)[N+](=S)C1c1ccccc1. The van der Waals surface area contributed by atoms with Gasteiger partial charge in [0.25, 0.3) is 23.6 Å². The summed E-state index contributed by atoms with van der Waals surface area (Å²) < 4.78 is 3.33. The average Bonchev–Trinajstić information content (AvgIpc) is 2.76. The normalized spacial score (nSPS) is 18.9. The van der Waals surface area contributed by atoms with Crippen LogP contribution in [-0.2, 0) is 17.2 Å². The van der Waals surface area contributed by atoms with Gasteiger partial charge in [-0.25, -0.2) is 0 Å². The number of rotatable bonds is 2. The van der Waals surface area contributed by atoms with Gasteiger partial charge in [-0.1, -0.05) is 52.9 Å². The Balaban J connectivity index is 1.94. The topological polar surface area (TPSA) is 23.3 Å². The lowest BCUT2D eigenvalue weighted by molar-refractivity contribution is -0.516. The molecule has 2 aromatic carbocycles. The molecule has 1 saturated heterocycles. The zero-order valence-electron chi connectivity index (χ0n) is 9.97. The maximum absolute atomic E-state index is 12.2. The summed E-state index contributed by atoms with van der Waals surface area (Å²) in [5.74, 6) is 0. The molecule has 0 amide bonds. The third-order valence-corrected chi connectivity index (χ3v) is 4.33. The molecule has 0 bridgehead atoms. The van der Waals surface area contributed by atoms with E-state index in [0.717, 1.165) is 23.2 Å². The molecule has 3 rings (SSSR count). The molecule has 0 aliphatic carbocycles. The Hall–Kier alpha value is -1.72. The van der Waals surface area contributed by atoms with Crippen LogP contribution < -0.4 is 4.41 Å². The van der Waals surface area contributed by atoms with Crippen molar-refractivity contribution < 1.29 is 8.85 Å². The second kappa shape index (κ2) is 5.11. The van der Waals surface area contributed by atoms with Crippen LogP contribution >= 0.6 is 11.9 Å². The van der Waals surface area contributed by atoms with Gasteiger partial charge < -0.3 is 0 Å². The van der Waals surface area contributed by atoms with Crippen molar-refractivity contribution in [2.45, 2.75) is 6.04 Å². The van der Waals surface area contributed by atoms with Crippen molar-refractivity contribution in [3.8, 4) is 0 Å². The van der Waals surface area contributed by atoms with Crippen molar-refractivity contribution in [3.63, 3.8) is 0 Å². The zero-order valence-corrected chi connectivity index (χ0v) is 11.6. The van der Waals surface area contributed by atoms with Crippen LogP contribution in [0.4, 0.5) is 5.69 Å². The number of hydrogen-bond acceptors (Lipinski definition) is 3. The second-order valence-corrected chi connectivity index (χ2v) is 5.44. The first-order chi connectivity index (χ1) is 9.27. The fraction of sp³-hybridized carbons (Fsp3) is 0.0714. The highest BCUT2D eigenvalue weighted by Crippen LogP contribution is 2.38. The van der Waals surface area contributed by atoms with Crippen molar-refractivity contribution in [2.24, 2.45) is 0 Å². The van der Waals surface area contributed by atoms with Crippen LogP contribution in [0.1, 0.15) is 11.6 Å². The Morgan fingerprint density at radius 2 is 1.58 bits per heavy atom. The zero-order chi connectivity index (χ0) is 13.2. The highest BCUT2D eigenvalue weighted by Gasteiger charge is 2.47. The molecule has 1 fully saturated rings. The highest BCUT2D eigenvalue weighted by molar-refractivity contribution is 8.15. The Morgan fingerprint density at radius 3 is 2.21 bits per heavy atom. The molecule has 2 aromatic rings. The van der Waals surface area contributed by atoms with E-state index in [1.165, 1.54) is 0 Å². The molecule has 0 saturated carbocycles. The van der Waals surface area contributed by atoms with Gasteiger partial charge in [0.1, 0.15) is 17.6 Å². The summed E-state index contributed by atoms with van der Waals surface area (Å²) in [4.78, 5) is 12.2. The first-order valence-corrected chi connectivity index (χ1v) is 6.99. The number of para-hydroxylation sites is 1. The molecule has 1 aliphatic heterocycles. The van der Waals surface area contributed by atoms with Crippen LogP contribution in [0, 0.1) is 0 Å². The molecule has 5 heteroatoms. The Kier molecular flexibility index (Phi) is 3.31. The van der Waals surface area contributed by atoms with Crippen molar-refractivity contribution in [3.05, 3.63) is 66.2 Å². The summed E-state index contributed by atoms with van der Waals surface area (Å²) in [6.45, 7) is 0. The van der Waals surface area contributed by atoms with Gasteiger partial charge in [0.2, 0.25) is 0 Å². The molecule has 1 unspecified atom stereocenters. The first-order valence-electron chi connectivity index (χ1n) is 5.85. The number of hydrogen-bond donors (Lipinski definition) is 0. The molecular weight excluding hydrogens is 276 g/mol. The monoisotopic (exact) mass is 287 g/mol. The minimum absolute atomic E-state index is 0.0463. The van der Waals surface area contributed by atoms with E-state index in [9.17, 15) is 4.79 Å². The average molecular weight is 287 g/mol. The third-order valence-electron chi connectivity index (χ3n) is 2.89. The number of anilines is 1. The molecule has 19 heavy (non-hydrogen) atoms. The summed E-state index contributed by atoms with van der Waals surface area (Å²) in [6, 6.07) is 18.9. The minimum atomic E-state index is -0.401. The fourth-order valence-electron chi connectivity index (χ4n) is 1.99. The molecule has 0 N–H and O–H groups in total. The van der Waals surface area contributed by atoms with Crippen molar-refractivity contribution >= 4 is 35.2 Å². The van der Waals surface area contributed by atoms with E-state index in [-0.39, 0.29) is 5.12 Å². The summed E-state index contributed by atoms with van der Waals surface area (Å²) in [5.41, 5.74) is 1.84. The number of nitrogens with zero attached hydrogens (tertiary/aromatic N) is 2.